The summed E-state index contributed by atoms with van der Waals surface area (Å²) >= 11 is 0. The molecule has 5 rings (SSSR count). The molecule has 1 aliphatic rings. The van der Waals surface area contributed by atoms with Crippen molar-refractivity contribution in [2.45, 2.75) is 25.7 Å². The Balaban J connectivity index is 1.38. The van der Waals surface area contributed by atoms with Gasteiger partial charge in [0.2, 0.25) is 5.91 Å². The van der Waals surface area contributed by atoms with Gasteiger partial charge in [-0.15, -0.1) is 0 Å². The van der Waals surface area contributed by atoms with Crippen molar-refractivity contribution >= 4 is 28.4 Å². The number of aromatic nitrogens is 3. The number of carbonyl (C=O) groups is 1. The van der Waals surface area contributed by atoms with Crippen molar-refractivity contribution in [1.29, 1.82) is 0 Å². The van der Waals surface area contributed by atoms with E-state index >= 15 is 0 Å². The van der Waals surface area contributed by atoms with Crippen molar-refractivity contribution in [3.63, 3.8) is 0 Å². The fourth-order valence-corrected chi connectivity index (χ4v) is 4.35. The second kappa shape index (κ2) is 7.96. The number of methoxy groups -OCH3 is 1. The standard InChI is InChI=1S/C24H22FN5O2/c1-32-16-9-10-19(18(25)12-16)29-21(31)11-14-5-7-15(8-6-14)30-20-4-2-3-17(20)22-23(30)24(26)28-13-27-22/h5-10,12-13H,2-4,11H2,1H3,(H,29,31)(H2,26,27,28). The third kappa shape index (κ3) is 3.43. The zero-order chi connectivity index (χ0) is 22.2. The van der Waals surface area contributed by atoms with Crippen molar-refractivity contribution in [2.24, 2.45) is 0 Å². The third-order valence-electron chi connectivity index (χ3n) is 5.83. The van der Waals surface area contributed by atoms with Gasteiger partial charge in [-0.1, -0.05) is 12.1 Å². The zero-order valence-electron chi connectivity index (χ0n) is 17.6. The van der Waals surface area contributed by atoms with Crippen LogP contribution >= 0.6 is 0 Å². The molecule has 0 unspecified atom stereocenters. The molecular formula is C24H22FN5O2. The molecule has 162 valence electrons. The number of anilines is 2. The maximum atomic E-state index is 14.1. The Morgan fingerprint density at radius 3 is 2.75 bits per heavy atom. The minimum Gasteiger partial charge on any atom is -0.497 e. The molecule has 0 radical (unpaired) electrons. The van der Waals surface area contributed by atoms with E-state index in [1.807, 2.05) is 24.3 Å². The van der Waals surface area contributed by atoms with Crippen molar-refractivity contribution in [2.75, 3.05) is 18.2 Å². The lowest BCUT2D eigenvalue weighted by Crippen LogP contribution is -2.15. The predicted molar refractivity (Wildman–Crippen MR) is 121 cm³/mol. The molecule has 0 atom stereocenters. The Hall–Kier alpha value is -3.94. The van der Waals surface area contributed by atoms with Gasteiger partial charge in [0.1, 0.15) is 23.4 Å². The van der Waals surface area contributed by atoms with Crippen LogP contribution in [-0.4, -0.2) is 27.6 Å². The number of amides is 1. The summed E-state index contributed by atoms with van der Waals surface area (Å²) in [5.41, 5.74) is 12.3. The molecule has 7 nitrogen and oxygen atoms in total. The number of hydrogen-bond acceptors (Lipinski definition) is 5. The summed E-state index contributed by atoms with van der Waals surface area (Å²) < 4.78 is 21.2. The highest BCUT2D eigenvalue weighted by Crippen LogP contribution is 2.36. The SMILES string of the molecule is COc1ccc(NC(=O)Cc2ccc(-n3c4c(c5ncnc(N)c53)CCC4)cc2)c(F)c1. The highest BCUT2D eigenvalue weighted by molar-refractivity contribution is 5.93. The average Bonchev–Trinajstić information content (AvgIpc) is 3.38. The number of ether oxygens (including phenoxy) is 1. The number of carbonyl (C=O) groups excluding carboxylic acids is 1. The lowest BCUT2D eigenvalue weighted by molar-refractivity contribution is -0.115. The first-order chi connectivity index (χ1) is 15.5. The van der Waals surface area contributed by atoms with E-state index < -0.39 is 5.82 Å². The lowest BCUT2D eigenvalue weighted by atomic mass is 10.1. The molecule has 0 saturated heterocycles. The first kappa shape index (κ1) is 20.0. The van der Waals surface area contributed by atoms with Gasteiger partial charge in [0.05, 0.1) is 24.7 Å². The van der Waals surface area contributed by atoms with Gasteiger partial charge in [-0.3, -0.25) is 4.79 Å². The summed E-state index contributed by atoms with van der Waals surface area (Å²) in [7, 11) is 1.46. The number of aryl methyl sites for hydroxylation is 1. The Morgan fingerprint density at radius 2 is 2.00 bits per heavy atom. The van der Waals surface area contributed by atoms with E-state index in [1.165, 1.54) is 36.8 Å². The maximum Gasteiger partial charge on any atom is 0.228 e. The van der Waals surface area contributed by atoms with Crippen molar-refractivity contribution in [1.82, 2.24) is 14.5 Å². The van der Waals surface area contributed by atoms with Gasteiger partial charge in [-0.2, -0.15) is 0 Å². The molecule has 0 bridgehead atoms. The van der Waals surface area contributed by atoms with E-state index in [1.54, 1.807) is 6.07 Å². The molecule has 0 saturated carbocycles. The maximum absolute atomic E-state index is 14.1. The van der Waals surface area contributed by atoms with E-state index in [-0.39, 0.29) is 18.0 Å². The van der Waals surface area contributed by atoms with Crippen molar-refractivity contribution in [3.05, 3.63) is 71.4 Å². The summed E-state index contributed by atoms with van der Waals surface area (Å²) in [6, 6.07) is 12.0. The summed E-state index contributed by atoms with van der Waals surface area (Å²) in [5, 5.41) is 2.61. The van der Waals surface area contributed by atoms with Gasteiger partial charge in [0, 0.05) is 17.4 Å². The lowest BCUT2D eigenvalue weighted by Gasteiger charge is -2.12. The molecular weight excluding hydrogens is 409 g/mol. The first-order valence-electron chi connectivity index (χ1n) is 10.4. The number of nitrogens with two attached hydrogens (primary N) is 1. The first-order valence-corrected chi connectivity index (χ1v) is 10.4. The predicted octanol–water partition coefficient (Wildman–Crippen LogP) is 3.82. The van der Waals surface area contributed by atoms with Crippen LogP contribution in [0.1, 0.15) is 23.2 Å². The number of rotatable bonds is 5. The molecule has 1 aliphatic carbocycles. The summed E-state index contributed by atoms with van der Waals surface area (Å²) in [4.78, 5) is 21.1. The Kier molecular flexibility index (Phi) is 4.97. The smallest absolute Gasteiger partial charge is 0.228 e. The van der Waals surface area contributed by atoms with E-state index in [0.717, 1.165) is 41.5 Å². The zero-order valence-corrected chi connectivity index (χ0v) is 17.6. The van der Waals surface area contributed by atoms with Crippen LogP contribution in [0.25, 0.3) is 16.7 Å². The van der Waals surface area contributed by atoms with Gasteiger partial charge in [0.15, 0.2) is 5.82 Å². The van der Waals surface area contributed by atoms with Crippen LogP contribution in [0.3, 0.4) is 0 Å². The molecule has 0 fully saturated rings. The molecule has 2 heterocycles. The number of nitrogen functional groups attached to an aromatic ring is 1. The molecule has 32 heavy (non-hydrogen) atoms. The Labute approximate surface area is 184 Å². The second-order valence-electron chi connectivity index (χ2n) is 7.81. The Bertz CT molecular complexity index is 1330. The van der Waals surface area contributed by atoms with Crippen LogP contribution in [0.2, 0.25) is 0 Å². The molecule has 2 aromatic heterocycles. The van der Waals surface area contributed by atoms with Crippen LogP contribution in [0.4, 0.5) is 15.9 Å². The quantitative estimate of drug-likeness (QED) is 0.501. The van der Waals surface area contributed by atoms with E-state index in [0.29, 0.717) is 11.6 Å². The molecule has 1 amide bonds. The second-order valence-corrected chi connectivity index (χ2v) is 7.81. The van der Waals surface area contributed by atoms with Crippen LogP contribution in [0.15, 0.2) is 48.8 Å². The fourth-order valence-electron chi connectivity index (χ4n) is 4.35. The van der Waals surface area contributed by atoms with Crippen LogP contribution in [-0.2, 0) is 24.1 Å². The molecule has 8 heteroatoms. The number of nitrogens with one attached hydrogen (secondary N) is 1. The van der Waals surface area contributed by atoms with E-state index in [4.69, 9.17) is 10.5 Å². The Morgan fingerprint density at radius 1 is 1.19 bits per heavy atom. The highest BCUT2D eigenvalue weighted by atomic mass is 19.1. The van der Waals surface area contributed by atoms with Crippen LogP contribution < -0.4 is 15.8 Å². The summed E-state index contributed by atoms with van der Waals surface area (Å²) in [5.74, 6) is 0.00785. The van der Waals surface area contributed by atoms with Crippen molar-refractivity contribution in [3.8, 4) is 11.4 Å². The third-order valence-corrected chi connectivity index (χ3v) is 5.83. The number of benzene rings is 2. The fraction of sp³-hybridized carbons (Fsp3) is 0.208. The monoisotopic (exact) mass is 431 g/mol. The van der Waals surface area contributed by atoms with Crippen LogP contribution in [0.5, 0.6) is 5.75 Å². The van der Waals surface area contributed by atoms with E-state index in [9.17, 15) is 9.18 Å². The number of nitrogens with zero attached hydrogens (tertiary/aromatic N) is 3. The van der Waals surface area contributed by atoms with Gasteiger partial charge in [-0.25, -0.2) is 14.4 Å². The van der Waals surface area contributed by atoms with Gasteiger partial charge in [-0.05, 0) is 54.7 Å². The van der Waals surface area contributed by atoms with Crippen molar-refractivity contribution < 1.29 is 13.9 Å². The largest absolute Gasteiger partial charge is 0.497 e. The molecule has 0 aliphatic heterocycles. The highest BCUT2D eigenvalue weighted by Gasteiger charge is 2.25. The van der Waals surface area contributed by atoms with Gasteiger partial charge >= 0.3 is 0 Å². The summed E-state index contributed by atoms with van der Waals surface area (Å²) in [6.45, 7) is 0. The molecule has 3 N–H and O–H groups in total. The average molecular weight is 431 g/mol. The minimum absolute atomic E-state index is 0.122. The van der Waals surface area contributed by atoms with E-state index in [2.05, 4.69) is 19.9 Å². The molecule has 4 aromatic rings. The molecule has 2 aromatic carbocycles. The summed E-state index contributed by atoms with van der Waals surface area (Å²) in [6.07, 6.45) is 4.67. The van der Waals surface area contributed by atoms with Crippen LogP contribution in [0, 0.1) is 5.82 Å². The minimum atomic E-state index is -0.541. The molecule has 0 spiro atoms. The van der Waals surface area contributed by atoms with Gasteiger partial charge < -0.3 is 20.4 Å². The number of halogens is 1. The van der Waals surface area contributed by atoms with Gasteiger partial charge in [0.25, 0.3) is 0 Å². The topological polar surface area (TPSA) is 95.1 Å². The number of hydrogen-bond donors (Lipinski definition) is 2. The normalized spacial score (nSPS) is 12.7. The number of fused-ring (bicyclic) bond motifs is 3.